The van der Waals surface area contributed by atoms with E-state index in [9.17, 15) is 13.2 Å². The third-order valence-corrected chi connectivity index (χ3v) is 7.95. The maximum Gasteiger partial charge on any atom is 0.244 e. The molecule has 0 atom stereocenters. The van der Waals surface area contributed by atoms with E-state index in [1.54, 1.807) is 18.2 Å². The van der Waals surface area contributed by atoms with Crippen LogP contribution in [0.15, 0.2) is 53.4 Å². The third-order valence-electron chi connectivity index (χ3n) is 5.56. The van der Waals surface area contributed by atoms with E-state index in [2.05, 4.69) is 6.07 Å². The summed E-state index contributed by atoms with van der Waals surface area (Å²) in [5, 5.41) is 0.230. The minimum atomic E-state index is -3.63. The molecule has 154 valence electrons. The number of sulfonamides is 1. The van der Waals surface area contributed by atoms with E-state index >= 15 is 0 Å². The maximum atomic E-state index is 12.9. The van der Waals surface area contributed by atoms with Crippen LogP contribution < -0.4 is 4.90 Å². The monoisotopic (exact) mass is 433 g/mol. The number of fused-ring (bicyclic) bond motifs is 1. The molecule has 2 aromatic carbocycles. The molecule has 1 fully saturated rings. The lowest BCUT2D eigenvalue weighted by Crippen LogP contribution is -2.52. The minimum absolute atomic E-state index is 0.0690. The first-order valence-electron chi connectivity index (χ1n) is 9.82. The smallest absolute Gasteiger partial charge is 0.244 e. The molecule has 0 spiro atoms. The molecule has 0 aliphatic carbocycles. The fraction of sp³-hybridized carbons (Fsp3) is 0.381. The summed E-state index contributed by atoms with van der Waals surface area (Å²) in [7, 11) is -3.63. The number of halogens is 1. The summed E-state index contributed by atoms with van der Waals surface area (Å²) in [6.07, 6.45) is 1.96. The molecule has 0 unspecified atom stereocenters. The number of nitrogens with zero attached hydrogens (tertiary/aromatic N) is 3. The highest BCUT2D eigenvalue weighted by molar-refractivity contribution is 7.89. The SMILES string of the molecule is O=C(CN1CCN(S(=O)(=O)c2ccccc2Cl)CC1)N1CCCc2ccccc21. The van der Waals surface area contributed by atoms with E-state index in [4.69, 9.17) is 11.6 Å². The van der Waals surface area contributed by atoms with Gasteiger partial charge in [0.25, 0.3) is 0 Å². The maximum absolute atomic E-state index is 12.9. The minimum Gasteiger partial charge on any atom is -0.311 e. The zero-order valence-corrected chi connectivity index (χ0v) is 17.7. The van der Waals surface area contributed by atoms with Crippen molar-refractivity contribution in [2.24, 2.45) is 0 Å². The van der Waals surface area contributed by atoms with Crippen LogP contribution in [0.25, 0.3) is 0 Å². The van der Waals surface area contributed by atoms with Crippen molar-refractivity contribution in [2.75, 3.05) is 44.2 Å². The number of carbonyl (C=O) groups is 1. The second-order valence-electron chi connectivity index (χ2n) is 7.39. The third kappa shape index (κ3) is 4.19. The van der Waals surface area contributed by atoms with E-state index in [-0.39, 0.29) is 15.8 Å². The van der Waals surface area contributed by atoms with Crippen LogP contribution in [-0.2, 0) is 21.2 Å². The van der Waals surface area contributed by atoms with Crippen LogP contribution in [0.2, 0.25) is 5.02 Å². The van der Waals surface area contributed by atoms with Crippen LogP contribution in [0.5, 0.6) is 0 Å². The Hall–Kier alpha value is -1.93. The van der Waals surface area contributed by atoms with Gasteiger partial charge in [-0.1, -0.05) is 41.9 Å². The molecule has 1 amide bonds. The molecule has 8 heteroatoms. The van der Waals surface area contributed by atoms with E-state index < -0.39 is 10.0 Å². The Labute approximate surface area is 176 Å². The molecule has 0 N–H and O–H groups in total. The average molecular weight is 434 g/mol. The van der Waals surface area contributed by atoms with Crippen molar-refractivity contribution in [1.29, 1.82) is 0 Å². The summed E-state index contributed by atoms with van der Waals surface area (Å²) in [5.41, 5.74) is 2.21. The van der Waals surface area contributed by atoms with Crippen LogP contribution in [0, 0.1) is 0 Å². The summed E-state index contributed by atoms with van der Waals surface area (Å²) in [4.78, 5) is 16.9. The highest BCUT2D eigenvalue weighted by atomic mass is 35.5. The normalized spacial score (nSPS) is 18.4. The van der Waals surface area contributed by atoms with Gasteiger partial charge >= 0.3 is 0 Å². The number of para-hydroxylation sites is 1. The van der Waals surface area contributed by atoms with Crippen molar-refractivity contribution < 1.29 is 13.2 Å². The summed E-state index contributed by atoms with van der Waals surface area (Å²) in [5.74, 6) is 0.0690. The van der Waals surface area contributed by atoms with Crippen LogP contribution in [0.1, 0.15) is 12.0 Å². The van der Waals surface area contributed by atoms with Crippen LogP contribution in [0.3, 0.4) is 0 Å². The van der Waals surface area contributed by atoms with Crippen molar-refractivity contribution in [3.8, 4) is 0 Å². The van der Waals surface area contributed by atoms with Crippen molar-refractivity contribution in [1.82, 2.24) is 9.21 Å². The second-order valence-corrected chi connectivity index (χ2v) is 9.70. The average Bonchev–Trinajstić information content (AvgIpc) is 2.74. The van der Waals surface area contributed by atoms with E-state index in [0.29, 0.717) is 32.7 Å². The van der Waals surface area contributed by atoms with Gasteiger partial charge in [-0.25, -0.2) is 8.42 Å². The fourth-order valence-corrected chi connectivity index (χ4v) is 5.91. The predicted octanol–water partition coefficient (Wildman–Crippen LogP) is 2.63. The van der Waals surface area contributed by atoms with E-state index in [0.717, 1.165) is 25.1 Å². The predicted molar refractivity (Wildman–Crippen MR) is 114 cm³/mol. The van der Waals surface area contributed by atoms with Gasteiger partial charge in [-0.3, -0.25) is 9.69 Å². The molecular weight excluding hydrogens is 410 g/mol. The largest absolute Gasteiger partial charge is 0.311 e. The number of amides is 1. The van der Waals surface area contributed by atoms with Crippen molar-refractivity contribution in [2.45, 2.75) is 17.7 Å². The molecule has 2 aromatic rings. The van der Waals surface area contributed by atoms with Gasteiger partial charge in [-0.05, 0) is 36.6 Å². The number of benzene rings is 2. The number of hydrogen-bond donors (Lipinski definition) is 0. The van der Waals surface area contributed by atoms with Gasteiger partial charge in [0.1, 0.15) is 4.90 Å². The Morgan fingerprint density at radius 2 is 1.62 bits per heavy atom. The number of carbonyl (C=O) groups excluding carboxylic acids is 1. The first-order valence-corrected chi connectivity index (χ1v) is 11.6. The molecule has 0 radical (unpaired) electrons. The van der Waals surface area contributed by atoms with Gasteiger partial charge in [0, 0.05) is 38.4 Å². The Balaban J connectivity index is 1.38. The van der Waals surface area contributed by atoms with Crippen LogP contribution in [0.4, 0.5) is 5.69 Å². The van der Waals surface area contributed by atoms with Gasteiger partial charge in [0.2, 0.25) is 15.9 Å². The first kappa shape index (κ1) is 20.3. The topological polar surface area (TPSA) is 60.9 Å². The summed E-state index contributed by atoms with van der Waals surface area (Å²) in [6, 6.07) is 14.5. The molecule has 0 bridgehead atoms. The number of aryl methyl sites for hydroxylation is 1. The standard InChI is InChI=1S/C21H24ClN3O3S/c22-18-8-2-4-10-20(18)29(27,28)24-14-12-23(13-15-24)16-21(26)25-11-5-7-17-6-1-3-9-19(17)25/h1-4,6,8-10H,5,7,11-16H2. The highest BCUT2D eigenvalue weighted by Crippen LogP contribution is 2.27. The Kier molecular flexibility index (Phi) is 5.92. The van der Waals surface area contributed by atoms with Crippen molar-refractivity contribution in [3.05, 3.63) is 59.1 Å². The summed E-state index contributed by atoms with van der Waals surface area (Å²) in [6.45, 7) is 2.76. The van der Waals surface area contributed by atoms with E-state index in [1.165, 1.54) is 15.9 Å². The van der Waals surface area contributed by atoms with Gasteiger partial charge in [0.15, 0.2) is 0 Å². The van der Waals surface area contributed by atoms with Crippen LogP contribution >= 0.6 is 11.6 Å². The second kappa shape index (κ2) is 8.44. The van der Waals surface area contributed by atoms with Gasteiger partial charge in [0.05, 0.1) is 11.6 Å². The Morgan fingerprint density at radius 1 is 0.931 bits per heavy atom. The fourth-order valence-electron chi connectivity index (χ4n) is 3.99. The lowest BCUT2D eigenvalue weighted by molar-refractivity contribution is -0.120. The Morgan fingerprint density at radius 3 is 2.38 bits per heavy atom. The quantitative estimate of drug-likeness (QED) is 0.743. The molecule has 4 rings (SSSR count). The van der Waals surface area contributed by atoms with Crippen molar-refractivity contribution >= 4 is 33.2 Å². The van der Waals surface area contributed by atoms with Gasteiger partial charge in [-0.15, -0.1) is 0 Å². The molecular formula is C21H24ClN3O3S. The molecule has 1 saturated heterocycles. The molecule has 2 aliphatic heterocycles. The summed E-state index contributed by atoms with van der Waals surface area (Å²) < 4.78 is 27.2. The first-order chi connectivity index (χ1) is 14.0. The molecule has 2 heterocycles. The molecule has 2 aliphatic rings. The van der Waals surface area contributed by atoms with Crippen molar-refractivity contribution in [3.63, 3.8) is 0 Å². The van der Waals surface area contributed by atoms with Gasteiger partial charge in [-0.2, -0.15) is 4.31 Å². The number of rotatable bonds is 4. The molecule has 29 heavy (non-hydrogen) atoms. The summed E-state index contributed by atoms with van der Waals surface area (Å²) >= 11 is 6.09. The van der Waals surface area contributed by atoms with Crippen LogP contribution in [-0.4, -0.2) is 62.8 Å². The number of piperazine rings is 1. The lowest BCUT2D eigenvalue weighted by Gasteiger charge is -2.36. The molecule has 0 saturated carbocycles. The molecule has 0 aromatic heterocycles. The number of hydrogen-bond acceptors (Lipinski definition) is 4. The highest BCUT2D eigenvalue weighted by Gasteiger charge is 2.31. The zero-order chi connectivity index (χ0) is 20.4. The molecule has 6 nitrogen and oxygen atoms in total. The zero-order valence-electron chi connectivity index (χ0n) is 16.1. The Bertz CT molecular complexity index is 1000. The van der Waals surface area contributed by atoms with Gasteiger partial charge < -0.3 is 4.90 Å². The van der Waals surface area contributed by atoms with E-state index in [1.807, 2.05) is 28.0 Å². The lowest BCUT2D eigenvalue weighted by atomic mass is 10.0. The number of anilines is 1.